The van der Waals surface area contributed by atoms with E-state index in [1.165, 1.54) is 65.8 Å². The van der Waals surface area contributed by atoms with E-state index in [-0.39, 0.29) is 55.4 Å². The van der Waals surface area contributed by atoms with Gasteiger partial charge in [-0.3, -0.25) is 0 Å². The van der Waals surface area contributed by atoms with Crippen LogP contribution in [0.4, 0.5) is 0 Å². The molecule has 12 nitrogen and oxygen atoms in total. The third-order valence-electron chi connectivity index (χ3n) is 9.53. The highest BCUT2D eigenvalue weighted by Crippen LogP contribution is 2.32. The van der Waals surface area contributed by atoms with E-state index < -0.39 is 17.1 Å². The minimum absolute atomic E-state index is 0.243. The summed E-state index contributed by atoms with van der Waals surface area (Å²) in [5, 5.41) is -1.02. The van der Waals surface area contributed by atoms with Gasteiger partial charge in [0.15, 0.2) is 0 Å². The van der Waals surface area contributed by atoms with Crippen molar-refractivity contribution in [3.63, 3.8) is 0 Å². The van der Waals surface area contributed by atoms with Gasteiger partial charge in [-0.25, -0.2) is 28.1 Å². The quantitative estimate of drug-likeness (QED) is 0.0409. The number of aryl methyl sites for hydroxylation is 9. The minimum atomic E-state index is -0.906. The molecule has 18 heteroatoms. The van der Waals surface area contributed by atoms with Gasteiger partial charge in [0.25, 0.3) is 0 Å². The first-order chi connectivity index (χ1) is 28.5. The molecule has 0 aliphatic carbocycles. The molecule has 0 fully saturated rings. The van der Waals surface area contributed by atoms with Gasteiger partial charge >= 0.3 is 33.0 Å². The van der Waals surface area contributed by atoms with E-state index in [0.717, 1.165) is 79.5 Å². The molecule has 0 spiro atoms. The van der Waals surface area contributed by atoms with Crippen LogP contribution in [-0.4, -0.2) is 63.8 Å². The molecule has 3 aromatic carbocycles. The number of benzene rings is 3. The second-order valence-corrected chi connectivity index (χ2v) is 21.1. The smallest absolute Gasteiger partial charge is 0.329 e. The summed E-state index contributed by atoms with van der Waals surface area (Å²) < 4.78 is 18.9. The van der Waals surface area contributed by atoms with Gasteiger partial charge in [0.2, 0.25) is 19.8 Å². The largest absolute Gasteiger partial charge is 0.561 e. The first kappa shape index (κ1) is 49.2. The van der Waals surface area contributed by atoms with E-state index in [9.17, 15) is 28.8 Å². The van der Waals surface area contributed by atoms with E-state index in [1.807, 2.05) is 62.3 Å². The molecule has 1 aromatic heterocycles. The zero-order valence-electron chi connectivity index (χ0n) is 35.4. The first-order valence-electron chi connectivity index (χ1n) is 19.1. The van der Waals surface area contributed by atoms with E-state index in [1.54, 1.807) is 0 Å². The van der Waals surface area contributed by atoms with Crippen molar-refractivity contribution < 1.29 is 28.6 Å². The molecule has 4 rings (SSSR count). The van der Waals surface area contributed by atoms with Crippen LogP contribution < -0.4 is 17.1 Å². The summed E-state index contributed by atoms with van der Waals surface area (Å²) in [7, 11) is 7.26. The number of carbonyl (C=O) groups excluding carboxylic acids is 3. The lowest BCUT2D eigenvalue weighted by molar-refractivity contribution is 0.237. The van der Waals surface area contributed by atoms with Crippen LogP contribution in [0.1, 0.15) is 66.8 Å². The molecule has 0 atom stereocenters. The van der Waals surface area contributed by atoms with Gasteiger partial charge in [-0.2, -0.15) is 0 Å². The number of aromatic nitrogens is 3. The highest BCUT2D eigenvalue weighted by atomic mass is 33.1. The fourth-order valence-corrected chi connectivity index (χ4v) is 12.3. The Morgan fingerprint density at radius 1 is 0.433 bits per heavy atom. The van der Waals surface area contributed by atoms with E-state index in [2.05, 4.69) is 36.4 Å². The van der Waals surface area contributed by atoms with Crippen molar-refractivity contribution in [2.24, 2.45) is 0 Å². The molecule has 60 heavy (non-hydrogen) atoms. The summed E-state index contributed by atoms with van der Waals surface area (Å²) in [5.41, 5.74) is 11.3. The average Bonchev–Trinajstić information content (AvgIpc) is 3.15. The summed E-state index contributed by atoms with van der Waals surface area (Å²) in [5.74, 6) is 1.88. The van der Waals surface area contributed by atoms with Gasteiger partial charge in [-0.05, 0) is 112 Å². The third kappa shape index (κ3) is 14.3. The van der Waals surface area contributed by atoms with Crippen LogP contribution >= 0.6 is 64.8 Å². The van der Waals surface area contributed by atoms with E-state index in [0.29, 0.717) is 17.3 Å². The molecule has 0 saturated carbocycles. The first-order valence-corrected chi connectivity index (χ1v) is 26.0. The zero-order chi connectivity index (χ0) is 44.1. The topological polar surface area (TPSA) is 158 Å². The van der Waals surface area contributed by atoms with Crippen LogP contribution in [0.25, 0.3) is 0 Å². The third-order valence-corrected chi connectivity index (χ3v) is 15.3. The summed E-state index contributed by atoms with van der Waals surface area (Å²) in [6, 6.07) is 12.7. The van der Waals surface area contributed by atoms with Crippen LogP contribution in [0.2, 0.25) is 0 Å². The highest BCUT2D eigenvalue weighted by molar-refractivity contribution is 8.82. The van der Waals surface area contributed by atoms with Crippen molar-refractivity contribution >= 4 is 80.7 Å². The number of rotatable bonds is 18. The van der Waals surface area contributed by atoms with Crippen LogP contribution in [0, 0.1) is 62.3 Å². The Balaban J connectivity index is 1.39. The van der Waals surface area contributed by atoms with Crippen LogP contribution in [0.5, 0.6) is 0 Å². The maximum absolute atomic E-state index is 13.6. The second kappa shape index (κ2) is 23.7. The Morgan fingerprint density at radius 3 is 0.867 bits per heavy atom. The van der Waals surface area contributed by atoms with Crippen molar-refractivity contribution in [1.82, 2.24) is 13.7 Å². The average molecular weight is 937 g/mol. The monoisotopic (exact) mass is 936 g/mol. The molecule has 0 aliphatic rings. The Bertz CT molecular complexity index is 2030. The van der Waals surface area contributed by atoms with Crippen molar-refractivity contribution in [2.75, 3.05) is 19.8 Å². The molecule has 0 radical (unpaired) electrons. The van der Waals surface area contributed by atoms with Crippen LogP contribution in [0.15, 0.2) is 50.8 Å². The summed E-state index contributed by atoms with van der Waals surface area (Å²) in [4.78, 5) is 72.2. The standard InChI is InChI=1S/C42H51N3O9S6/c1-25-16-28(4)34(29(5)17-25)22-55-58-40(49)52-13-10-43-37(46)44(11-14-53-41(50)59-56-23-35-30(6)18-26(2)19-31(35)7)39(48)45(38(43)47)12-15-54-42(51)60-57-24-36-32(8)20-27(3)21-33(36)9/h16-21H,10-15,22-24H2,1-9H3/p+3. The maximum atomic E-state index is 13.6. The second-order valence-electron chi connectivity index (χ2n) is 14.3. The van der Waals surface area contributed by atoms with Crippen molar-refractivity contribution in [1.29, 1.82) is 0 Å². The lowest BCUT2D eigenvalue weighted by Crippen LogP contribution is -2.55. The molecule has 324 valence electrons. The van der Waals surface area contributed by atoms with Gasteiger partial charge in [0.1, 0.15) is 0 Å². The number of ether oxygens (including phenoxy) is 3. The van der Waals surface area contributed by atoms with Gasteiger partial charge in [-0.1, -0.05) is 85.5 Å². The van der Waals surface area contributed by atoms with Crippen molar-refractivity contribution in [3.8, 4) is 0 Å². The molecule has 0 saturated heterocycles. The Morgan fingerprint density at radius 2 is 0.650 bits per heavy atom. The minimum Gasteiger partial charge on any atom is -0.329 e. The molecule has 0 amide bonds. The number of nitrogens with zero attached hydrogens (tertiary/aromatic N) is 3. The number of hydrogen-bond donors (Lipinski definition) is 0. The highest BCUT2D eigenvalue weighted by Gasteiger charge is 2.23. The molecule has 0 aliphatic heterocycles. The lowest BCUT2D eigenvalue weighted by atomic mass is 10.0. The molecule has 0 bridgehead atoms. The fourth-order valence-electron chi connectivity index (χ4n) is 6.73. The van der Waals surface area contributed by atoms with Gasteiger partial charge in [0.05, 0.1) is 52.0 Å². The van der Waals surface area contributed by atoms with Gasteiger partial charge in [0, 0.05) is 17.3 Å². The predicted molar refractivity (Wildman–Crippen MR) is 257 cm³/mol. The molecule has 4 aromatic rings. The SMILES string of the molecule is Cc1cc(C)c(CSSC(=[OH+])OCCn2c(=O)n(CCOC(=[OH+])SSCc3c(C)cc(C)cc3C)c(=O)n(CCOC(=[OH+])SSCc3c(C)cc(C)cc3C)c2=O)c(C)c1. The van der Waals surface area contributed by atoms with Gasteiger partial charge < -0.3 is 28.6 Å². The molecule has 0 unspecified atom stereocenters. The predicted octanol–water partition coefficient (Wildman–Crippen LogP) is 8.12. The summed E-state index contributed by atoms with van der Waals surface area (Å²) >= 11 is 0. The molecular formula is C42H54N3O9S6+3. The lowest BCUT2D eigenvalue weighted by Gasteiger charge is -2.12. The van der Waals surface area contributed by atoms with E-state index in [4.69, 9.17) is 14.2 Å². The summed E-state index contributed by atoms with van der Waals surface area (Å²) in [6.07, 6.45) is 0. The Kier molecular flexibility index (Phi) is 19.5. The maximum Gasteiger partial charge on any atom is 0.561 e. The number of hydrogen-bond acceptors (Lipinski definition) is 12. The van der Waals surface area contributed by atoms with Gasteiger partial charge in [-0.15, -0.1) is 0 Å². The zero-order valence-corrected chi connectivity index (χ0v) is 40.3. The van der Waals surface area contributed by atoms with Crippen LogP contribution in [-0.2, 0) is 51.1 Å². The Labute approximate surface area is 374 Å². The summed E-state index contributed by atoms with van der Waals surface area (Å²) in [6.45, 7) is 16.8. The van der Waals surface area contributed by atoms with Crippen molar-refractivity contribution in [3.05, 3.63) is 135 Å². The molecule has 1 heterocycles. The normalized spacial score (nSPS) is 11.2. The van der Waals surface area contributed by atoms with Crippen molar-refractivity contribution in [2.45, 2.75) is 99.2 Å². The molecular weight excluding hydrogens is 883 g/mol. The fraction of sp³-hybridized carbons (Fsp3) is 0.429. The van der Waals surface area contributed by atoms with Crippen LogP contribution in [0.3, 0.4) is 0 Å². The Hall–Kier alpha value is -3.42. The van der Waals surface area contributed by atoms with E-state index >= 15 is 0 Å². The molecule has 3 N–H and O–H groups in total.